The average Bonchev–Trinajstić information content (AvgIpc) is 2.74. The Kier molecular flexibility index (Phi) is 6.33. The maximum Gasteiger partial charge on any atom is 0.159 e. The van der Waals surface area contributed by atoms with Crippen LogP contribution in [0.5, 0.6) is 0 Å². The largest absolute Gasteiger partial charge is 0.389 e. The molecule has 4 aliphatic rings. The first-order chi connectivity index (χ1) is 14.3. The van der Waals surface area contributed by atoms with E-state index in [9.17, 15) is 9.90 Å². The monoisotopic (exact) mass is 412 g/mol. The van der Waals surface area contributed by atoms with E-state index in [1.807, 2.05) is 24.3 Å². The van der Waals surface area contributed by atoms with Gasteiger partial charge in [-0.1, -0.05) is 19.9 Å². The maximum atomic E-state index is 11.4. The highest BCUT2D eigenvalue weighted by atomic mass is 16.5. The second kappa shape index (κ2) is 8.81. The summed E-state index contributed by atoms with van der Waals surface area (Å²) in [6.45, 7) is 11.8. The van der Waals surface area contributed by atoms with Crippen molar-refractivity contribution in [3.8, 4) is 0 Å². The molecule has 0 spiro atoms. The molecule has 5 nitrogen and oxygen atoms in total. The highest BCUT2D eigenvalue weighted by Crippen LogP contribution is 2.59. The molecule has 1 heterocycles. The van der Waals surface area contributed by atoms with Gasteiger partial charge in [-0.25, -0.2) is 0 Å². The molecule has 5 rings (SSSR count). The van der Waals surface area contributed by atoms with Crippen LogP contribution in [0.2, 0.25) is 0 Å². The summed E-state index contributed by atoms with van der Waals surface area (Å²) < 4.78 is 5.90. The quantitative estimate of drug-likeness (QED) is 0.524. The molecule has 2 bridgehead atoms. The highest BCUT2D eigenvalue weighted by molar-refractivity contribution is 5.94. The van der Waals surface area contributed by atoms with E-state index in [0.717, 1.165) is 43.3 Å². The molecule has 164 valence electrons. The number of ketones is 1. The van der Waals surface area contributed by atoms with Crippen LogP contribution in [-0.4, -0.2) is 67.8 Å². The number of allylic oxidation sites excluding steroid dienone is 1. The number of nitrogens with zero attached hydrogens (tertiary/aromatic N) is 2. The molecule has 1 aliphatic heterocycles. The average molecular weight is 413 g/mol. The van der Waals surface area contributed by atoms with Crippen LogP contribution in [-0.2, 0) is 4.74 Å². The Hall–Kier alpha value is -1.69. The number of fused-ring (bicyclic) bond motifs is 1. The molecular formula is C25H36N2O3. The number of anilines is 1. The fourth-order valence-electron chi connectivity index (χ4n) is 5.40. The van der Waals surface area contributed by atoms with E-state index in [-0.39, 0.29) is 5.78 Å². The van der Waals surface area contributed by atoms with Crippen molar-refractivity contribution in [2.24, 2.45) is 17.3 Å². The minimum atomic E-state index is -0.447. The van der Waals surface area contributed by atoms with Crippen LogP contribution in [0.15, 0.2) is 35.9 Å². The van der Waals surface area contributed by atoms with Crippen molar-refractivity contribution >= 4 is 11.5 Å². The third-order valence-electron chi connectivity index (χ3n) is 7.64. The molecule has 0 unspecified atom stereocenters. The second-order valence-electron chi connectivity index (χ2n) is 9.88. The van der Waals surface area contributed by atoms with Gasteiger partial charge in [-0.15, -0.1) is 0 Å². The molecule has 30 heavy (non-hydrogen) atoms. The SMILES string of the molecule is CC(=O)c1ccc(N2CCN(C[C@H](O)COCC3=CC[C@H]4C[C@H]3C4(C)C)CC2)cc1. The first-order valence-electron chi connectivity index (χ1n) is 11.4. The zero-order chi connectivity index (χ0) is 21.3. The minimum Gasteiger partial charge on any atom is -0.389 e. The van der Waals surface area contributed by atoms with Gasteiger partial charge in [-0.2, -0.15) is 0 Å². The van der Waals surface area contributed by atoms with E-state index < -0.39 is 6.10 Å². The topological polar surface area (TPSA) is 53.0 Å². The lowest BCUT2D eigenvalue weighted by Gasteiger charge is -2.56. The summed E-state index contributed by atoms with van der Waals surface area (Å²) in [7, 11) is 0. The Bertz CT molecular complexity index is 778. The Morgan fingerprint density at radius 3 is 2.50 bits per heavy atom. The van der Waals surface area contributed by atoms with Crippen LogP contribution in [0.3, 0.4) is 0 Å². The molecule has 0 aromatic heterocycles. The smallest absolute Gasteiger partial charge is 0.159 e. The van der Waals surface area contributed by atoms with Crippen LogP contribution in [0, 0.1) is 17.3 Å². The number of hydrogen-bond donors (Lipinski definition) is 1. The van der Waals surface area contributed by atoms with Crippen LogP contribution in [0.4, 0.5) is 5.69 Å². The molecule has 1 aromatic rings. The molecule has 5 heteroatoms. The Labute approximate surface area is 180 Å². The van der Waals surface area contributed by atoms with Crippen molar-refractivity contribution in [1.82, 2.24) is 4.90 Å². The number of ether oxygens (including phenoxy) is 1. The predicted molar refractivity (Wildman–Crippen MR) is 120 cm³/mol. The van der Waals surface area contributed by atoms with E-state index in [4.69, 9.17) is 4.74 Å². The molecule has 3 atom stereocenters. The van der Waals surface area contributed by atoms with Crippen molar-refractivity contribution in [2.75, 3.05) is 50.8 Å². The van der Waals surface area contributed by atoms with Crippen LogP contribution < -0.4 is 4.90 Å². The molecule has 1 saturated heterocycles. The Balaban J connectivity index is 1.16. The lowest BCUT2D eigenvalue weighted by atomic mass is 9.49. The van der Waals surface area contributed by atoms with Gasteiger partial charge in [-0.05, 0) is 66.9 Å². The number of aliphatic hydroxyl groups excluding tert-OH is 1. The maximum absolute atomic E-state index is 11.4. The van der Waals surface area contributed by atoms with Gasteiger partial charge in [0.2, 0.25) is 0 Å². The fourth-order valence-corrected chi connectivity index (χ4v) is 5.40. The number of piperazine rings is 1. The predicted octanol–water partition coefficient (Wildman–Crippen LogP) is 3.38. The third kappa shape index (κ3) is 4.48. The van der Waals surface area contributed by atoms with Crippen molar-refractivity contribution in [1.29, 1.82) is 0 Å². The summed E-state index contributed by atoms with van der Waals surface area (Å²) in [4.78, 5) is 16.1. The van der Waals surface area contributed by atoms with E-state index in [0.29, 0.717) is 31.1 Å². The van der Waals surface area contributed by atoms with E-state index in [1.54, 1.807) is 6.92 Å². The van der Waals surface area contributed by atoms with Gasteiger partial charge in [0.05, 0.1) is 19.3 Å². The lowest BCUT2D eigenvalue weighted by Crippen LogP contribution is -2.49. The van der Waals surface area contributed by atoms with E-state index in [1.165, 1.54) is 18.4 Å². The van der Waals surface area contributed by atoms with E-state index >= 15 is 0 Å². The first kappa shape index (κ1) is 21.5. The zero-order valence-electron chi connectivity index (χ0n) is 18.6. The minimum absolute atomic E-state index is 0.1000. The number of carbonyl (C=O) groups is 1. The van der Waals surface area contributed by atoms with Gasteiger partial charge in [-0.3, -0.25) is 9.69 Å². The summed E-state index contributed by atoms with van der Waals surface area (Å²) in [5, 5.41) is 10.4. The molecule has 3 aliphatic carbocycles. The summed E-state index contributed by atoms with van der Waals surface area (Å²) >= 11 is 0. The second-order valence-corrected chi connectivity index (χ2v) is 9.88. The molecule has 1 N–H and O–H groups in total. The van der Waals surface area contributed by atoms with Crippen LogP contribution in [0.1, 0.15) is 44.0 Å². The van der Waals surface area contributed by atoms with Crippen molar-refractivity contribution in [2.45, 2.75) is 39.7 Å². The van der Waals surface area contributed by atoms with E-state index in [2.05, 4.69) is 29.7 Å². The number of carbonyl (C=O) groups excluding carboxylic acids is 1. The number of benzene rings is 1. The molecular weight excluding hydrogens is 376 g/mol. The Morgan fingerprint density at radius 1 is 1.20 bits per heavy atom. The van der Waals surface area contributed by atoms with Crippen molar-refractivity contribution in [3.63, 3.8) is 0 Å². The number of Topliss-reactive ketones (excluding diaryl/α,β-unsaturated/α-hetero) is 1. The van der Waals surface area contributed by atoms with Gasteiger partial charge >= 0.3 is 0 Å². The number of rotatable bonds is 8. The van der Waals surface area contributed by atoms with Crippen molar-refractivity contribution in [3.05, 3.63) is 41.5 Å². The third-order valence-corrected chi connectivity index (χ3v) is 7.64. The summed E-state index contributed by atoms with van der Waals surface area (Å²) in [5.41, 5.74) is 3.78. The molecule has 1 aromatic carbocycles. The van der Waals surface area contributed by atoms with Gasteiger partial charge in [0.1, 0.15) is 0 Å². The van der Waals surface area contributed by atoms with Gasteiger partial charge in [0.25, 0.3) is 0 Å². The normalized spacial score (nSPS) is 26.7. The number of hydrogen-bond acceptors (Lipinski definition) is 5. The van der Waals surface area contributed by atoms with Crippen LogP contribution >= 0.6 is 0 Å². The first-order valence-corrected chi connectivity index (χ1v) is 11.4. The fraction of sp³-hybridized carbons (Fsp3) is 0.640. The molecule has 1 saturated carbocycles. The summed E-state index contributed by atoms with van der Waals surface area (Å²) in [5.74, 6) is 1.62. The lowest BCUT2D eigenvalue weighted by molar-refractivity contribution is -0.0262. The van der Waals surface area contributed by atoms with Gasteiger partial charge in [0, 0.05) is 44.0 Å². The summed E-state index contributed by atoms with van der Waals surface area (Å²) in [6, 6.07) is 7.86. The van der Waals surface area contributed by atoms with Crippen molar-refractivity contribution < 1.29 is 14.6 Å². The standard InChI is InChI=1S/C25H36N2O3/c1-18(28)19-5-8-22(9-6-19)27-12-10-26(11-13-27)15-23(29)17-30-16-20-4-7-21-14-24(20)25(21,2)3/h4-6,8-9,21,23-24,29H,7,10-17H2,1-3H3/t21-,23-,24+/m0/s1. The zero-order valence-corrected chi connectivity index (χ0v) is 18.6. The highest BCUT2D eigenvalue weighted by Gasteiger charge is 2.50. The number of β-amino-alcohol motifs (C(OH)–C–C–N with tert-alkyl or cyclic N) is 1. The van der Waals surface area contributed by atoms with Crippen LogP contribution in [0.25, 0.3) is 0 Å². The van der Waals surface area contributed by atoms with Gasteiger partial charge in [0.15, 0.2) is 5.78 Å². The molecule has 0 amide bonds. The molecule has 2 fully saturated rings. The summed E-state index contributed by atoms with van der Waals surface area (Å²) in [6.07, 6.45) is 4.43. The molecule has 0 radical (unpaired) electrons. The Morgan fingerprint density at radius 2 is 1.90 bits per heavy atom. The number of aliphatic hydroxyl groups is 1. The van der Waals surface area contributed by atoms with Gasteiger partial charge < -0.3 is 14.7 Å².